The van der Waals surface area contributed by atoms with E-state index in [1.54, 1.807) is 18.5 Å². The second kappa shape index (κ2) is 5.12. The largest absolute Gasteiger partial charge is 0.352 e. The van der Waals surface area contributed by atoms with E-state index in [2.05, 4.69) is 10.3 Å². The lowest BCUT2D eigenvalue weighted by molar-refractivity contribution is -0.128. The lowest BCUT2D eigenvalue weighted by atomic mass is 10.1. The van der Waals surface area contributed by atoms with Gasteiger partial charge >= 0.3 is 0 Å². The highest BCUT2D eigenvalue weighted by atomic mass is 16.2. The fourth-order valence-electron chi connectivity index (χ4n) is 3.08. The molecule has 22 heavy (non-hydrogen) atoms. The highest BCUT2D eigenvalue weighted by molar-refractivity contribution is 5.94. The molecule has 6 nitrogen and oxygen atoms in total. The molecule has 1 aliphatic carbocycles. The number of likely N-dealkylation sites (tertiary alicyclic amines) is 1. The van der Waals surface area contributed by atoms with Crippen LogP contribution in [-0.2, 0) is 4.79 Å². The predicted octanol–water partition coefficient (Wildman–Crippen LogP) is 1.07. The summed E-state index contributed by atoms with van der Waals surface area (Å²) in [5.74, 6) is 0.364. The van der Waals surface area contributed by atoms with Gasteiger partial charge in [0.1, 0.15) is 5.65 Å². The van der Waals surface area contributed by atoms with Crippen molar-refractivity contribution in [2.24, 2.45) is 5.92 Å². The molecule has 114 valence electrons. The molecule has 0 aromatic carbocycles. The molecule has 1 saturated heterocycles. The van der Waals surface area contributed by atoms with Gasteiger partial charge < -0.3 is 14.6 Å². The number of nitrogens with zero attached hydrogens (tertiary/aromatic N) is 3. The minimum Gasteiger partial charge on any atom is -0.352 e. The Morgan fingerprint density at radius 2 is 2.23 bits per heavy atom. The zero-order chi connectivity index (χ0) is 15.1. The highest BCUT2D eigenvalue weighted by Crippen LogP contribution is 2.32. The molecule has 0 spiro atoms. The van der Waals surface area contributed by atoms with Crippen molar-refractivity contribution in [1.82, 2.24) is 19.6 Å². The molecule has 0 bridgehead atoms. The van der Waals surface area contributed by atoms with Gasteiger partial charge in [0.25, 0.3) is 5.91 Å². The van der Waals surface area contributed by atoms with Crippen LogP contribution in [0.25, 0.3) is 5.65 Å². The van der Waals surface area contributed by atoms with E-state index in [1.807, 2.05) is 21.6 Å². The lowest BCUT2D eigenvalue weighted by Crippen LogP contribution is -2.32. The Morgan fingerprint density at radius 1 is 1.36 bits per heavy atom. The van der Waals surface area contributed by atoms with Crippen LogP contribution in [0.3, 0.4) is 0 Å². The van der Waals surface area contributed by atoms with Gasteiger partial charge in [-0.2, -0.15) is 0 Å². The van der Waals surface area contributed by atoms with E-state index in [9.17, 15) is 9.59 Å². The van der Waals surface area contributed by atoms with Gasteiger partial charge in [-0.05, 0) is 25.0 Å². The molecule has 2 aromatic rings. The second-order valence-electron chi connectivity index (χ2n) is 6.17. The van der Waals surface area contributed by atoms with Crippen molar-refractivity contribution >= 4 is 17.5 Å². The number of aromatic nitrogens is 2. The monoisotopic (exact) mass is 298 g/mol. The van der Waals surface area contributed by atoms with Crippen LogP contribution in [-0.4, -0.2) is 45.2 Å². The molecule has 2 amide bonds. The van der Waals surface area contributed by atoms with Crippen LogP contribution in [0.5, 0.6) is 0 Å². The van der Waals surface area contributed by atoms with Crippen molar-refractivity contribution in [2.75, 3.05) is 13.1 Å². The second-order valence-corrected chi connectivity index (χ2v) is 6.17. The summed E-state index contributed by atoms with van der Waals surface area (Å²) in [7, 11) is 0. The maximum Gasteiger partial charge on any atom is 0.252 e. The number of hydrogen-bond donors (Lipinski definition) is 1. The van der Waals surface area contributed by atoms with Gasteiger partial charge in [0.2, 0.25) is 5.91 Å². The zero-order valence-corrected chi connectivity index (χ0v) is 12.2. The maximum absolute atomic E-state index is 12.2. The van der Waals surface area contributed by atoms with Gasteiger partial charge in [-0.15, -0.1) is 0 Å². The molecule has 1 saturated carbocycles. The molecule has 4 rings (SSSR count). The van der Waals surface area contributed by atoms with E-state index in [-0.39, 0.29) is 17.7 Å². The number of nitrogens with one attached hydrogen (secondary N) is 1. The maximum atomic E-state index is 12.2. The molecule has 2 aromatic heterocycles. The molecule has 1 atom stereocenters. The molecule has 1 N–H and O–H groups in total. The molecule has 1 aliphatic heterocycles. The zero-order valence-electron chi connectivity index (χ0n) is 12.2. The molecule has 0 radical (unpaired) electrons. The third kappa shape index (κ3) is 2.45. The number of fused-ring (bicyclic) bond motifs is 1. The van der Waals surface area contributed by atoms with Gasteiger partial charge in [0, 0.05) is 50.1 Å². The third-order valence-corrected chi connectivity index (χ3v) is 4.43. The summed E-state index contributed by atoms with van der Waals surface area (Å²) in [6.45, 7) is 1.33. The van der Waals surface area contributed by atoms with Crippen LogP contribution < -0.4 is 5.32 Å². The van der Waals surface area contributed by atoms with Crippen LogP contribution in [0.1, 0.15) is 29.6 Å². The normalized spacial score (nSPS) is 21.5. The Labute approximate surface area is 128 Å². The first-order valence-electron chi connectivity index (χ1n) is 7.71. The number of amides is 2. The smallest absolute Gasteiger partial charge is 0.252 e. The van der Waals surface area contributed by atoms with Crippen LogP contribution in [0, 0.1) is 5.92 Å². The van der Waals surface area contributed by atoms with E-state index in [1.165, 1.54) is 0 Å². The standard InChI is InChI=1S/C16H18N4O2/c21-15-7-11(9-20(15)13-2-3-13)8-18-16(22)12-1-4-14-17-5-6-19(14)10-12/h1,4-6,10-11,13H,2-3,7-9H2,(H,18,22). The Bertz CT molecular complexity index is 735. The SMILES string of the molecule is O=C(NCC1CC(=O)N(C2CC2)C1)c1ccc2nccn2c1. The van der Waals surface area contributed by atoms with E-state index >= 15 is 0 Å². The number of rotatable bonds is 4. The van der Waals surface area contributed by atoms with Gasteiger partial charge in [0.15, 0.2) is 0 Å². The van der Waals surface area contributed by atoms with Gasteiger partial charge in [-0.3, -0.25) is 9.59 Å². The van der Waals surface area contributed by atoms with E-state index < -0.39 is 0 Å². The summed E-state index contributed by atoms with van der Waals surface area (Å²) in [6, 6.07) is 4.06. The first-order valence-corrected chi connectivity index (χ1v) is 7.71. The molecular weight excluding hydrogens is 280 g/mol. The minimum absolute atomic E-state index is 0.104. The molecule has 6 heteroatoms. The number of carbonyl (C=O) groups excluding carboxylic acids is 2. The first kappa shape index (κ1) is 13.3. The van der Waals surface area contributed by atoms with Gasteiger partial charge in [-0.1, -0.05) is 0 Å². The summed E-state index contributed by atoms with van der Waals surface area (Å²) in [4.78, 5) is 30.3. The summed E-state index contributed by atoms with van der Waals surface area (Å²) in [6.07, 6.45) is 8.11. The number of pyridine rings is 1. The van der Waals surface area contributed by atoms with Crippen LogP contribution >= 0.6 is 0 Å². The van der Waals surface area contributed by atoms with E-state index in [0.717, 1.165) is 25.0 Å². The van der Waals surface area contributed by atoms with E-state index in [0.29, 0.717) is 24.6 Å². The first-order chi connectivity index (χ1) is 10.7. The van der Waals surface area contributed by atoms with Crippen LogP contribution in [0.4, 0.5) is 0 Å². The lowest BCUT2D eigenvalue weighted by Gasteiger charge is -2.15. The van der Waals surface area contributed by atoms with Crippen molar-refractivity contribution in [3.8, 4) is 0 Å². The summed E-state index contributed by atoms with van der Waals surface area (Å²) >= 11 is 0. The number of hydrogen-bond acceptors (Lipinski definition) is 3. The highest BCUT2D eigenvalue weighted by Gasteiger charge is 2.39. The van der Waals surface area contributed by atoms with Crippen LogP contribution in [0.2, 0.25) is 0 Å². The van der Waals surface area contributed by atoms with Gasteiger partial charge in [-0.25, -0.2) is 4.98 Å². The summed E-state index contributed by atoms with van der Waals surface area (Å²) < 4.78 is 1.82. The Hall–Kier alpha value is -2.37. The Balaban J connectivity index is 1.37. The summed E-state index contributed by atoms with van der Waals surface area (Å²) in [5, 5.41) is 2.95. The van der Waals surface area contributed by atoms with Crippen molar-refractivity contribution in [1.29, 1.82) is 0 Å². The average molecular weight is 298 g/mol. The molecule has 2 aliphatic rings. The fourth-order valence-corrected chi connectivity index (χ4v) is 3.08. The van der Waals surface area contributed by atoms with Gasteiger partial charge in [0.05, 0.1) is 5.56 Å². The fraction of sp³-hybridized carbons (Fsp3) is 0.438. The molecule has 1 unspecified atom stereocenters. The minimum atomic E-state index is -0.104. The van der Waals surface area contributed by atoms with Crippen molar-refractivity contribution in [3.63, 3.8) is 0 Å². The molecule has 2 fully saturated rings. The Morgan fingerprint density at radius 3 is 3.05 bits per heavy atom. The molecular formula is C16H18N4O2. The Kier molecular flexibility index (Phi) is 3.10. The predicted molar refractivity (Wildman–Crippen MR) is 80.4 cm³/mol. The van der Waals surface area contributed by atoms with E-state index in [4.69, 9.17) is 0 Å². The topological polar surface area (TPSA) is 66.7 Å². The molecule has 3 heterocycles. The van der Waals surface area contributed by atoms with Crippen molar-refractivity contribution in [3.05, 3.63) is 36.3 Å². The number of carbonyl (C=O) groups is 2. The van der Waals surface area contributed by atoms with Crippen molar-refractivity contribution in [2.45, 2.75) is 25.3 Å². The van der Waals surface area contributed by atoms with Crippen LogP contribution in [0.15, 0.2) is 30.7 Å². The quantitative estimate of drug-likeness (QED) is 0.918. The summed E-state index contributed by atoms with van der Waals surface area (Å²) in [5.41, 5.74) is 1.42. The average Bonchev–Trinajstić information content (AvgIpc) is 3.13. The number of imidazole rings is 1. The van der Waals surface area contributed by atoms with Crippen molar-refractivity contribution < 1.29 is 9.59 Å². The third-order valence-electron chi connectivity index (χ3n) is 4.43.